The van der Waals surface area contributed by atoms with E-state index in [2.05, 4.69) is 36.7 Å². The van der Waals surface area contributed by atoms with E-state index in [-0.39, 0.29) is 35.8 Å². The highest BCUT2D eigenvalue weighted by Gasteiger charge is 2.47. The number of benzene rings is 1. The van der Waals surface area contributed by atoms with E-state index in [4.69, 9.17) is 10.5 Å². The van der Waals surface area contributed by atoms with Crippen LogP contribution in [0.25, 0.3) is 0 Å². The van der Waals surface area contributed by atoms with Crippen LogP contribution in [-0.4, -0.2) is 58.5 Å². The summed E-state index contributed by atoms with van der Waals surface area (Å²) in [6.45, 7) is 9.96. The molecule has 0 aliphatic carbocycles. The second-order valence-electron chi connectivity index (χ2n) is 9.49. The summed E-state index contributed by atoms with van der Waals surface area (Å²) in [7, 11) is 0. The number of nitrogens with zero attached hydrogens (tertiary/aromatic N) is 3. The van der Waals surface area contributed by atoms with Crippen molar-refractivity contribution < 1.29 is 22.7 Å². The summed E-state index contributed by atoms with van der Waals surface area (Å²) < 4.78 is 44.2. The topological polar surface area (TPSA) is 71.7 Å². The largest absolute Gasteiger partial charge is 0.492 e. The van der Waals surface area contributed by atoms with E-state index in [9.17, 15) is 18.0 Å². The third kappa shape index (κ3) is 4.63. The summed E-state index contributed by atoms with van der Waals surface area (Å²) in [6.07, 6.45) is -2.89. The average Bonchev–Trinajstić information content (AvgIpc) is 3.40. The molecule has 2 aliphatic heterocycles. The molecule has 2 bridgehead atoms. The van der Waals surface area contributed by atoms with Crippen LogP contribution >= 0.6 is 0 Å². The van der Waals surface area contributed by atoms with Gasteiger partial charge in [0.05, 0.1) is 5.56 Å². The molecular weight excluding hydrogens is 445 g/mol. The van der Waals surface area contributed by atoms with Crippen LogP contribution in [0.2, 0.25) is 0 Å². The van der Waals surface area contributed by atoms with Gasteiger partial charge in [0.25, 0.3) is 5.91 Å². The number of piperazine rings is 1. The molecule has 2 saturated heterocycles. The Bertz CT molecular complexity index is 1060. The van der Waals surface area contributed by atoms with Gasteiger partial charge >= 0.3 is 6.18 Å². The molecule has 1 aromatic carbocycles. The van der Waals surface area contributed by atoms with E-state index in [0.717, 1.165) is 36.5 Å². The van der Waals surface area contributed by atoms with E-state index in [0.29, 0.717) is 13.2 Å². The molecule has 0 radical (unpaired) electrons. The second-order valence-corrected chi connectivity index (χ2v) is 9.49. The first-order valence-corrected chi connectivity index (χ1v) is 11.6. The summed E-state index contributed by atoms with van der Waals surface area (Å²) >= 11 is 0. The number of amides is 1. The summed E-state index contributed by atoms with van der Waals surface area (Å²) in [5.41, 5.74) is 8.50. The molecule has 0 unspecified atom stereocenters. The van der Waals surface area contributed by atoms with Gasteiger partial charge in [-0.2, -0.15) is 13.2 Å². The molecule has 2 aromatic rings. The number of likely N-dealkylation sites (tertiary alicyclic amines) is 2. The Labute approximate surface area is 197 Å². The van der Waals surface area contributed by atoms with E-state index >= 15 is 0 Å². The van der Waals surface area contributed by atoms with Crippen molar-refractivity contribution in [3.8, 4) is 5.75 Å². The number of hydrogen-bond acceptors (Lipinski definition) is 5. The van der Waals surface area contributed by atoms with Gasteiger partial charge in [-0.1, -0.05) is 6.07 Å². The molecule has 3 heterocycles. The van der Waals surface area contributed by atoms with Crippen LogP contribution in [-0.2, 0) is 6.18 Å². The van der Waals surface area contributed by atoms with Gasteiger partial charge in [-0.25, -0.2) is 0 Å². The number of hydrogen-bond donors (Lipinski definition) is 1. The SMILES string of the molecule is Cc1c(OC[C@H](C)N)ccc([C@H](C)N2C[C@H]3C[C@@H]2CN3C(=O)c2ccc(C(F)(F)F)cn2)c1C. The molecule has 6 nitrogen and oxygen atoms in total. The van der Waals surface area contributed by atoms with Gasteiger partial charge in [-0.15, -0.1) is 0 Å². The summed E-state index contributed by atoms with van der Waals surface area (Å²) in [4.78, 5) is 20.9. The third-order valence-corrected chi connectivity index (χ3v) is 7.08. The van der Waals surface area contributed by atoms with Crippen molar-refractivity contribution in [2.75, 3.05) is 19.7 Å². The maximum atomic E-state index is 12.9. The van der Waals surface area contributed by atoms with Gasteiger partial charge in [-0.3, -0.25) is 14.7 Å². The Hall–Kier alpha value is -2.65. The van der Waals surface area contributed by atoms with Gasteiger partial charge < -0.3 is 15.4 Å². The number of nitrogens with two attached hydrogens (primary N) is 1. The molecule has 2 aliphatic rings. The van der Waals surface area contributed by atoms with E-state index in [1.807, 2.05) is 13.0 Å². The molecule has 34 heavy (non-hydrogen) atoms. The molecule has 4 atom stereocenters. The molecule has 1 aromatic heterocycles. The van der Waals surface area contributed by atoms with Crippen LogP contribution in [0.15, 0.2) is 30.5 Å². The Morgan fingerprint density at radius 2 is 1.88 bits per heavy atom. The zero-order chi connectivity index (χ0) is 24.8. The van der Waals surface area contributed by atoms with Crippen LogP contribution in [0, 0.1) is 13.8 Å². The number of carbonyl (C=O) groups is 1. The number of halogens is 3. The minimum absolute atomic E-state index is 0.0269. The lowest BCUT2D eigenvalue weighted by Crippen LogP contribution is -2.49. The first-order chi connectivity index (χ1) is 16.0. The predicted molar refractivity (Wildman–Crippen MR) is 123 cm³/mol. The van der Waals surface area contributed by atoms with Gasteiger partial charge in [-0.05, 0) is 69.0 Å². The summed E-state index contributed by atoms with van der Waals surface area (Å²) in [5.74, 6) is 0.533. The molecule has 9 heteroatoms. The predicted octanol–water partition coefficient (Wildman–Crippen LogP) is 4.10. The van der Waals surface area contributed by atoms with Gasteiger partial charge in [0, 0.05) is 43.5 Å². The van der Waals surface area contributed by atoms with Crippen molar-refractivity contribution in [2.45, 2.75) is 64.5 Å². The van der Waals surface area contributed by atoms with Gasteiger partial charge in [0.1, 0.15) is 18.1 Å². The molecule has 2 N–H and O–H groups in total. The summed E-state index contributed by atoms with van der Waals surface area (Å²) in [6, 6.07) is 6.53. The third-order valence-electron chi connectivity index (χ3n) is 7.08. The number of fused-ring (bicyclic) bond motifs is 2. The first kappa shape index (κ1) is 24.5. The maximum absolute atomic E-state index is 12.9. The second kappa shape index (κ2) is 9.19. The van der Waals surface area contributed by atoms with Gasteiger partial charge in [0.2, 0.25) is 0 Å². The summed E-state index contributed by atoms with van der Waals surface area (Å²) in [5, 5.41) is 0. The minimum Gasteiger partial charge on any atom is -0.492 e. The van der Waals surface area contributed by atoms with Crippen LogP contribution < -0.4 is 10.5 Å². The normalized spacial score (nSPS) is 22.2. The highest BCUT2D eigenvalue weighted by atomic mass is 19.4. The van der Waals surface area contributed by atoms with Crippen LogP contribution in [0.4, 0.5) is 13.2 Å². The standard InChI is InChI=1S/C25H31F3N4O2/c1-14(29)13-34-23-8-6-21(15(2)16(23)3)17(4)31-11-20-9-19(31)12-32(20)24(33)22-7-5-18(10-30-22)25(26,27)28/h5-8,10,14,17,19-20H,9,11-13,29H2,1-4H3/t14-,17-,19+,20+/m0/s1. The Morgan fingerprint density at radius 3 is 2.44 bits per heavy atom. The van der Waals surface area contributed by atoms with Crippen molar-refractivity contribution in [2.24, 2.45) is 5.73 Å². The fourth-order valence-corrected chi connectivity index (χ4v) is 5.08. The van der Waals surface area contributed by atoms with Crippen molar-refractivity contribution in [1.29, 1.82) is 0 Å². The molecule has 2 fully saturated rings. The molecule has 184 valence electrons. The van der Waals surface area contributed by atoms with Crippen molar-refractivity contribution in [1.82, 2.24) is 14.8 Å². The zero-order valence-corrected chi connectivity index (χ0v) is 19.9. The average molecular weight is 477 g/mol. The monoisotopic (exact) mass is 476 g/mol. The number of ether oxygens (including phenoxy) is 1. The number of aromatic nitrogens is 1. The number of carbonyl (C=O) groups excluding carboxylic acids is 1. The van der Waals surface area contributed by atoms with Crippen LogP contribution in [0.3, 0.4) is 0 Å². The molecule has 0 saturated carbocycles. The number of rotatable bonds is 6. The van der Waals surface area contributed by atoms with E-state index < -0.39 is 11.7 Å². The smallest absolute Gasteiger partial charge is 0.417 e. The fraction of sp³-hybridized carbons (Fsp3) is 0.520. The van der Waals surface area contributed by atoms with Crippen LogP contribution in [0.1, 0.15) is 59.1 Å². The lowest BCUT2D eigenvalue weighted by atomic mass is 9.96. The molecule has 1 amide bonds. The first-order valence-electron chi connectivity index (χ1n) is 11.6. The number of alkyl halides is 3. The van der Waals surface area contributed by atoms with Crippen molar-refractivity contribution in [3.05, 3.63) is 58.4 Å². The Kier molecular flexibility index (Phi) is 6.61. The fourth-order valence-electron chi connectivity index (χ4n) is 5.08. The van der Waals surface area contributed by atoms with E-state index in [1.165, 1.54) is 17.2 Å². The maximum Gasteiger partial charge on any atom is 0.417 e. The van der Waals surface area contributed by atoms with Crippen molar-refractivity contribution in [3.63, 3.8) is 0 Å². The van der Waals surface area contributed by atoms with Gasteiger partial charge in [0.15, 0.2) is 0 Å². The van der Waals surface area contributed by atoms with Crippen LogP contribution in [0.5, 0.6) is 5.75 Å². The van der Waals surface area contributed by atoms with E-state index in [1.54, 1.807) is 4.90 Å². The molecular formula is C25H31F3N4O2. The lowest BCUT2D eigenvalue weighted by molar-refractivity contribution is -0.137. The molecule has 0 spiro atoms. The number of pyridine rings is 1. The Balaban J connectivity index is 1.43. The Morgan fingerprint density at radius 1 is 1.15 bits per heavy atom. The quantitative estimate of drug-likeness (QED) is 0.680. The lowest BCUT2D eigenvalue weighted by Gasteiger charge is -2.38. The minimum atomic E-state index is -4.47. The van der Waals surface area contributed by atoms with Crippen molar-refractivity contribution >= 4 is 5.91 Å². The highest BCUT2D eigenvalue weighted by Crippen LogP contribution is 2.39. The highest BCUT2D eigenvalue weighted by molar-refractivity contribution is 5.93. The zero-order valence-electron chi connectivity index (χ0n) is 19.9. The molecule has 4 rings (SSSR count).